The van der Waals surface area contributed by atoms with Gasteiger partial charge in [-0.25, -0.2) is 9.37 Å². The van der Waals surface area contributed by atoms with Crippen molar-refractivity contribution in [2.75, 3.05) is 10.6 Å². The van der Waals surface area contributed by atoms with Crippen LogP contribution in [0.3, 0.4) is 0 Å². The van der Waals surface area contributed by atoms with Crippen LogP contribution in [0.5, 0.6) is 0 Å². The highest BCUT2D eigenvalue weighted by atomic mass is 35.5. The minimum absolute atomic E-state index is 0.269. The standard InChI is InChI=1S/C18H15Cl2FN4/c1-11-8-17(24-16-7-6-13(19)9-14(16)20)25-18(23-11)22-10-12-4-2-3-5-15(12)21/h2-9H,10H2,1H3,(H2,22,23,24,25). The van der Waals surface area contributed by atoms with E-state index in [1.165, 1.54) is 6.07 Å². The van der Waals surface area contributed by atoms with Crippen LogP contribution in [0.15, 0.2) is 48.5 Å². The van der Waals surface area contributed by atoms with Crippen molar-refractivity contribution < 1.29 is 4.39 Å². The summed E-state index contributed by atoms with van der Waals surface area (Å²) in [6.45, 7) is 2.14. The molecular weight excluding hydrogens is 362 g/mol. The van der Waals surface area contributed by atoms with Gasteiger partial charge in [0.2, 0.25) is 5.95 Å². The average molecular weight is 377 g/mol. The number of hydrogen-bond acceptors (Lipinski definition) is 4. The van der Waals surface area contributed by atoms with Crippen molar-refractivity contribution in [3.63, 3.8) is 0 Å². The van der Waals surface area contributed by atoms with Crippen LogP contribution in [0, 0.1) is 12.7 Å². The molecule has 0 spiro atoms. The number of rotatable bonds is 5. The van der Waals surface area contributed by atoms with E-state index in [0.717, 1.165) is 5.69 Å². The van der Waals surface area contributed by atoms with Gasteiger partial charge in [-0.15, -0.1) is 0 Å². The van der Waals surface area contributed by atoms with Crippen molar-refractivity contribution in [2.24, 2.45) is 0 Å². The Hall–Kier alpha value is -2.37. The van der Waals surface area contributed by atoms with Crippen molar-refractivity contribution in [3.8, 4) is 0 Å². The molecule has 1 aromatic heterocycles. The van der Waals surface area contributed by atoms with E-state index in [1.54, 1.807) is 42.5 Å². The highest BCUT2D eigenvalue weighted by molar-refractivity contribution is 6.36. The van der Waals surface area contributed by atoms with E-state index >= 15 is 0 Å². The average Bonchev–Trinajstić information content (AvgIpc) is 2.56. The Labute approximate surface area is 155 Å². The first-order chi connectivity index (χ1) is 12.0. The maximum absolute atomic E-state index is 13.7. The molecule has 0 atom stereocenters. The fourth-order valence-corrected chi connectivity index (χ4v) is 2.71. The van der Waals surface area contributed by atoms with E-state index in [1.807, 2.05) is 6.92 Å². The lowest BCUT2D eigenvalue weighted by Gasteiger charge is -2.11. The molecule has 128 valence electrons. The van der Waals surface area contributed by atoms with Crippen LogP contribution in [0.2, 0.25) is 10.0 Å². The normalized spacial score (nSPS) is 10.6. The molecular formula is C18H15Cl2FN4. The first kappa shape index (κ1) is 17.5. The van der Waals surface area contributed by atoms with Gasteiger partial charge in [-0.2, -0.15) is 4.98 Å². The SMILES string of the molecule is Cc1cc(Nc2ccc(Cl)cc2Cl)nc(NCc2ccccc2F)n1. The predicted molar refractivity (Wildman–Crippen MR) is 100 cm³/mol. The zero-order valence-electron chi connectivity index (χ0n) is 13.4. The minimum atomic E-state index is -0.269. The summed E-state index contributed by atoms with van der Waals surface area (Å²) in [6, 6.07) is 13.5. The Kier molecular flexibility index (Phi) is 5.36. The van der Waals surface area contributed by atoms with Crippen LogP contribution in [-0.2, 0) is 6.54 Å². The third-order valence-electron chi connectivity index (χ3n) is 3.44. The van der Waals surface area contributed by atoms with Gasteiger partial charge in [-0.1, -0.05) is 41.4 Å². The molecule has 4 nitrogen and oxygen atoms in total. The quantitative estimate of drug-likeness (QED) is 0.609. The molecule has 0 saturated carbocycles. The Morgan fingerprint density at radius 3 is 2.60 bits per heavy atom. The number of nitrogens with one attached hydrogen (secondary N) is 2. The van der Waals surface area contributed by atoms with Gasteiger partial charge in [0.15, 0.2) is 0 Å². The summed E-state index contributed by atoms with van der Waals surface area (Å²) in [5.74, 6) is 0.706. The van der Waals surface area contributed by atoms with Crippen molar-refractivity contribution in [1.82, 2.24) is 9.97 Å². The lowest BCUT2D eigenvalue weighted by molar-refractivity contribution is 0.612. The Bertz CT molecular complexity index is 902. The van der Waals surface area contributed by atoms with E-state index in [-0.39, 0.29) is 12.4 Å². The molecule has 0 aliphatic rings. The molecule has 0 aliphatic carbocycles. The molecule has 0 saturated heterocycles. The van der Waals surface area contributed by atoms with E-state index < -0.39 is 0 Å². The maximum Gasteiger partial charge on any atom is 0.225 e. The molecule has 7 heteroatoms. The summed E-state index contributed by atoms with van der Waals surface area (Å²) >= 11 is 12.1. The molecule has 3 aromatic rings. The second-order valence-corrected chi connectivity index (χ2v) is 6.26. The maximum atomic E-state index is 13.7. The van der Waals surface area contributed by atoms with Crippen LogP contribution in [0.25, 0.3) is 0 Å². The summed E-state index contributed by atoms with van der Waals surface area (Å²) < 4.78 is 13.7. The first-order valence-corrected chi connectivity index (χ1v) is 8.32. The van der Waals surface area contributed by atoms with Crippen LogP contribution >= 0.6 is 23.2 Å². The number of benzene rings is 2. The van der Waals surface area contributed by atoms with Crippen LogP contribution in [-0.4, -0.2) is 9.97 Å². The van der Waals surface area contributed by atoms with Crippen LogP contribution in [0.1, 0.15) is 11.3 Å². The summed E-state index contributed by atoms with van der Waals surface area (Å²) in [7, 11) is 0. The van der Waals surface area contributed by atoms with E-state index in [9.17, 15) is 4.39 Å². The molecule has 0 bridgehead atoms. The fourth-order valence-electron chi connectivity index (χ4n) is 2.26. The zero-order chi connectivity index (χ0) is 17.8. The monoisotopic (exact) mass is 376 g/mol. The van der Waals surface area contributed by atoms with E-state index in [0.29, 0.717) is 33.1 Å². The third kappa shape index (κ3) is 4.59. The van der Waals surface area contributed by atoms with Crippen LogP contribution < -0.4 is 10.6 Å². The number of halogens is 3. The van der Waals surface area contributed by atoms with Gasteiger partial charge in [0.25, 0.3) is 0 Å². The van der Waals surface area contributed by atoms with Gasteiger partial charge in [0, 0.05) is 28.9 Å². The number of aromatic nitrogens is 2. The van der Waals surface area contributed by atoms with E-state index in [2.05, 4.69) is 20.6 Å². The molecule has 0 fully saturated rings. The van der Waals surface area contributed by atoms with Gasteiger partial charge < -0.3 is 10.6 Å². The highest BCUT2D eigenvalue weighted by Gasteiger charge is 2.07. The molecule has 25 heavy (non-hydrogen) atoms. The molecule has 0 radical (unpaired) electrons. The number of nitrogens with zero attached hydrogens (tertiary/aromatic N) is 2. The highest BCUT2D eigenvalue weighted by Crippen LogP contribution is 2.28. The van der Waals surface area contributed by atoms with Crippen molar-refractivity contribution in [1.29, 1.82) is 0 Å². The first-order valence-electron chi connectivity index (χ1n) is 7.56. The zero-order valence-corrected chi connectivity index (χ0v) is 14.9. The molecule has 3 rings (SSSR count). The number of anilines is 3. The molecule has 0 amide bonds. The lowest BCUT2D eigenvalue weighted by atomic mass is 10.2. The molecule has 0 unspecified atom stereocenters. The summed E-state index contributed by atoms with van der Waals surface area (Å²) in [6.07, 6.45) is 0. The smallest absolute Gasteiger partial charge is 0.225 e. The van der Waals surface area contributed by atoms with E-state index in [4.69, 9.17) is 23.2 Å². The van der Waals surface area contributed by atoms with Crippen molar-refractivity contribution >= 4 is 40.7 Å². The summed E-state index contributed by atoms with van der Waals surface area (Å²) in [5.41, 5.74) is 1.99. The van der Waals surface area contributed by atoms with Gasteiger partial charge in [0.05, 0.1) is 10.7 Å². The lowest BCUT2D eigenvalue weighted by Crippen LogP contribution is -2.07. The summed E-state index contributed by atoms with van der Waals surface area (Å²) in [5, 5.41) is 7.22. The largest absolute Gasteiger partial charge is 0.350 e. The second kappa shape index (κ2) is 7.68. The Morgan fingerprint density at radius 2 is 1.84 bits per heavy atom. The topological polar surface area (TPSA) is 49.8 Å². The molecule has 2 aromatic carbocycles. The second-order valence-electron chi connectivity index (χ2n) is 5.41. The van der Waals surface area contributed by atoms with Crippen molar-refractivity contribution in [2.45, 2.75) is 13.5 Å². The molecule has 2 N–H and O–H groups in total. The van der Waals surface area contributed by atoms with Gasteiger partial charge in [-0.05, 0) is 31.2 Å². The fraction of sp³-hybridized carbons (Fsp3) is 0.111. The molecule has 0 aliphatic heterocycles. The van der Waals surface area contributed by atoms with Crippen molar-refractivity contribution in [3.05, 3.63) is 75.7 Å². The van der Waals surface area contributed by atoms with Gasteiger partial charge in [0.1, 0.15) is 11.6 Å². The van der Waals surface area contributed by atoms with Gasteiger partial charge >= 0.3 is 0 Å². The summed E-state index contributed by atoms with van der Waals surface area (Å²) in [4.78, 5) is 8.71. The third-order valence-corrected chi connectivity index (χ3v) is 3.99. The van der Waals surface area contributed by atoms with Gasteiger partial charge in [-0.3, -0.25) is 0 Å². The predicted octanol–water partition coefficient (Wildman–Crippen LogP) is 5.59. The Morgan fingerprint density at radius 1 is 1.04 bits per heavy atom. The number of hydrogen-bond donors (Lipinski definition) is 2. The Balaban J connectivity index is 1.77. The molecule has 1 heterocycles. The number of aryl methyl sites for hydroxylation is 1. The minimum Gasteiger partial charge on any atom is -0.350 e. The van der Waals surface area contributed by atoms with Crippen LogP contribution in [0.4, 0.5) is 21.8 Å².